The first-order valence-corrected chi connectivity index (χ1v) is 6.44. The molecule has 2 N–H and O–H groups in total. The van der Waals surface area contributed by atoms with Gasteiger partial charge in [-0.2, -0.15) is 0 Å². The molecule has 4 nitrogen and oxygen atoms in total. The van der Waals surface area contributed by atoms with E-state index in [-0.39, 0.29) is 10.9 Å². The second kappa shape index (κ2) is 6.41. The lowest BCUT2D eigenvalue weighted by atomic mass is 10.2. The van der Waals surface area contributed by atoms with Gasteiger partial charge in [-0.05, 0) is 30.3 Å². The van der Waals surface area contributed by atoms with E-state index in [1.165, 1.54) is 6.07 Å². The van der Waals surface area contributed by atoms with Crippen molar-refractivity contribution in [2.45, 2.75) is 0 Å². The van der Waals surface area contributed by atoms with Crippen LogP contribution in [0.2, 0.25) is 10.0 Å². The molecule has 6 heteroatoms. The zero-order valence-corrected chi connectivity index (χ0v) is 11.9. The van der Waals surface area contributed by atoms with E-state index in [2.05, 4.69) is 22.4 Å². The molecule has 0 saturated heterocycles. The Balaban J connectivity index is 2.00. The number of nitrogens with one attached hydrogen (secondary N) is 2. The number of pyridine rings is 1. The third-order valence-electron chi connectivity index (χ3n) is 2.51. The summed E-state index contributed by atoms with van der Waals surface area (Å²) in [7, 11) is 0. The summed E-state index contributed by atoms with van der Waals surface area (Å²) >= 11 is 11.7. The molecule has 0 aliphatic heterocycles. The molecule has 0 aliphatic rings. The summed E-state index contributed by atoms with van der Waals surface area (Å²) in [5.41, 5.74) is 6.85. The molecule has 0 radical (unpaired) electrons. The number of halogens is 2. The van der Waals surface area contributed by atoms with Crippen LogP contribution in [-0.2, 0) is 0 Å². The molecule has 0 bridgehead atoms. The standard InChI is InChI=1S/C14H11Cl2N3O/c1-9(10-3-2-6-17-8-10)18-19-14(20)12-5-4-11(15)7-13(12)16/h2-8,18H,1H2,(H,19,20). The van der Waals surface area contributed by atoms with Gasteiger partial charge in [-0.1, -0.05) is 29.8 Å². The van der Waals surface area contributed by atoms with Gasteiger partial charge in [0.15, 0.2) is 0 Å². The number of hydrogen-bond donors (Lipinski definition) is 2. The number of amides is 1. The second-order valence-electron chi connectivity index (χ2n) is 3.92. The Morgan fingerprint density at radius 1 is 1.20 bits per heavy atom. The molecular weight excluding hydrogens is 297 g/mol. The minimum atomic E-state index is -0.378. The van der Waals surface area contributed by atoms with Gasteiger partial charge in [-0.3, -0.25) is 20.6 Å². The number of hydrogen-bond acceptors (Lipinski definition) is 3. The molecular formula is C14H11Cl2N3O. The Morgan fingerprint density at radius 3 is 2.65 bits per heavy atom. The summed E-state index contributed by atoms with van der Waals surface area (Å²) in [5, 5.41) is 0.753. The maximum absolute atomic E-state index is 12.0. The van der Waals surface area contributed by atoms with Crippen molar-refractivity contribution in [3.63, 3.8) is 0 Å². The van der Waals surface area contributed by atoms with Gasteiger partial charge in [-0.25, -0.2) is 0 Å². The monoisotopic (exact) mass is 307 g/mol. The number of rotatable bonds is 4. The highest BCUT2D eigenvalue weighted by Gasteiger charge is 2.10. The fraction of sp³-hybridized carbons (Fsp3) is 0. The lowest BCUT2D eigenvalue weighted by Gasteiger charge is -2.11. The van der Waals surface area contributed by atoms with Gasteiger partial charge in [0.05, 0.1) is 16.3 Å². The first-order chi connectivity index (χ1) is 9.58. The van der Waals surface area contributed by atoms with Crippen molar-refractivity contribution in [2.75, 3.05) is 0 Å². The maximum atomic E-state index is 12.0. The molecule has 0 fully saturated rings. The zero-order valence-electron chi connectivity index (χ0n) is 10.4. The van der Waals surface area contributed by atoms with Crippen LogP contribution in [0.15, 0.2) is 49.3 Å². The molecule has 1 aromatic carbocycles. The minimum absolute atomic E-state index is 0.281. The van der Waals surface area contributed by atoms with Gasteiger partial charge in [0, 0.05) is 23.0 Å². The van der Waals surface area contributed by atoms with Gasteiger partial charge < -0.3 is 0 Å². The summed E-state index contributed by atoms with van der Waals surface area (Å²) in [4.78, 5) is 15.9. The van der Waals surface area contributed by atoms with Gasteiger partial charge in [0.2, 0.25) is 0 Å². The van der Waals surface area contributed by atoms with Gasteiger partial charge in [0.1, 0.15) is 0 Å². The summed E-state index contributed by atoms with van der Waals surface area (Å²) < 4.78 is 0. The molecule has 20 heavy (non-hydrogen) atoms. The van der Waals surface area contributed by atoms with Crippen LogP contribution in [0.1, 0.15) is 15.9 Å². The Kier molecular flexibility index (Phi) is 4.61. The van der Waals surface area contributed by atoms with Crippen molar-refractivity contribution in [1.29, 1.82) is 0 Å². The van der Waals surface area contributed by atoms with Crippen LogP contribution in [0.4, 0.5) is 0 Å². The number of carbonyl (C=O) groups excluding carboxylic acids is 1. The third-order valence-corrected chi connectivity index (χ3v) is 3.06. The van der Waals surface area contributed by atoms with E-state index in [0.717, 1.165) is 5.56 Å². The normalized spacial score (nSPS) is 9.90. The van der Waals surface area contributed by atoms with Crippen LogP contribution in [0.25, 0.3) is 5.70 Å². The van der Waals surface area contributed by atoms with E-state index in [1.807, 2.05) is 6.07 Å². The van der Waals surface area contributed by atoms with Crippen molar-refractivity contribution in [1.82, 2.24) is 15.8 Å². The van der Waals surface area contributed by atoms with E-state index in [1.54, 1.807) is 30.6 Å². The predicted molar refractivity (Wildman–Crippen MR) is 80.3 cm³/mol. The van der Waals surface area contributed by atoms with Crippen LogP contribution in [0, 0.1) is 0 Å². The van der Waals surface area contributed by atoms with Crippen molar-refractivity contribution in [3.05, 3.63) is 70.5 Å². The Labute approximate surface area is 126 Å². The number of carbonyl (C=O) groups is 1. The molecule has 2 rings (SSSR count). The molecule has 102 valence electrons. The quantitative estimate of drug-likeness (QED) is 0.852. The Hall–Kier alpha value is -2.04. The maximum Gasteiger partial charge on any atom is 0.271 e. The van der Waals surface area contributed by atoms with E-state index in [0.29, 0.717) is 16.3 Å². The number of benzene rings is 1. The zero-order chi connectivity index (χ0) is 14.5. The molecule has 1 aromatic heterocycles. The minimum Gasteiger partial charge on any atom is -0.298 e. The SMILES string of the molecule is C=C(NNC(=O)c1ccc(Cl)cc1Cl)c1cccnc1. The lowest BCUT2D eigenvalue weighted by molar-refractivity contribution is 0.0942. The molecule has 1 heterocycles. The highest BCUT2D eigenvalue weighted by atomic mass is 35.5. The molecule has 0 aliphatic carbocycles. The van der Waals surface area contributed by atoms with Crippen LogP contribution < -0.4 is 10.9 Å². The van der Waals surface area contributed by atoms with E-state index in [4.69, 9.17) is 23.2 Å². The largest absolute Gasteiger partial charge is 0.298 e. The third kappa shape index (κ3) is 3.50. The lowest BCUT2D eigenvalue weighted by Crippen LogP contribution is -2.36. The number of aromatic nitrogens is 1. The number of hydrazine groups is 1. The highest BCUT2D eigenvalue weighted by molar-refractivity contribution is 6.36. The summed E-state index contributed by atoms with van der Waals surface area (Å²) in [6, 6.07) is 8.25. The van der Waals surface area contributed by atoms with E-state index >= 15 is 0 Å². The first-order valence-electron chi connectivity index (χ1n) is 5.68. The van der Waals surface area contributed by atoms with Crippen LogP contribution in [0.3, 0.4) is 0 Å². The van der Waals surface area contributed by atoms with Gasteiger partial charge in [-0.15, -0.1) is 0 Å². The van der Waals surface area contributed by atoms with Crippen molar-refractivity contribution in [2.24, 2.45) is 0 Å². The Morgan fingerprint density at radius 2 is 2.00 bits per heavy atom. The average Bonchev–Trinajstić information content (AvgIpc) is 2.45. The smallest absolute Gasteiger partial charge is 0.271 e. The number of nitrogens with zero attached hydrogens (tertiary/aromatic N) is 1. The van der Waals surface area contributed by atoms with Crippen LogP contribution in [-0.4, -0.2) is 10.9 Å². The van der Waals surface area contributed by atoms with Gasteiger partial charge >= 0.3 is 0 Å². The van der Waals surface area contributed by atoms with Crippen molar-refractivity contribution < 1.29 is 4.79 Å². The molecule has 0 unspecified atom stereocenters. The molecule has 1 amide bonds. The summed E-state index contributed by atoms with van der Waals surface area (Å²) in [5.74, 6) is -0.378. The van der Waals surface area contributed by atoms with E-state index < -0.39 is 0 Å². The summed E-state index contributed by atoms with van der Waals surface area (Å²) in [6.45, 7) is 3.81. The molecule has 0 atom stereocenters. The van der Waals surface area contributed by atoms with Crippen LogP contribution >= 0.6 is 23.2 Å². The van der Waals surface area contributed by atoms with Crippen molar-refractivity contribution in [3.8, 4) is 0 Å². The molecule has 0 spiro atoms. The first kappa shape index (κ1) is 14.4. The topological polar surface area (TPSA) is 54.0 Å². The molecule has 0 saturated carbocycles. The second-order valence-corrected chi connectivity index (χ2v) is 4.77. The van der Waals surface area contributed by atoms with Crippen molar-refractivity contribution >= 4 is 34.8 Å². The van der Waals surface area contributed by atoms with Crippen LogP contribution in [0.5, 0.6) is 0 Å². The highest BCUT2D eigenvalue weighted by Crippen LogP contribution is 2.20. The molecule has 2 aromatic rings. The average molecular weight is 308 g/mol. The predicted octanol–water partition coefficient (Wildman–Crippen LogP) is 3.29. The van der Waals surface area contributed by atoms with Gasteiger partial charge in [0.25, 0.3) is 5.91 Å². The van der Waals surface area contributed by atoms with E-state index in [9.17, 15) is 4.79 Å². The Bertz CT molecular complexity index is 644. The summed E-state index contributed by atoms with van der Waals surface area (Å²) in [6.07, 6.45) is 3.29. The fourth-order valence-corrected chi connectivity index (χ4v) is 1.98. The fourth-order valence-electron chi connectivity index (χ4n) is 1.49.